The molecule has 23 heavy (non-hydrogen) atoms. The second-order valence-corrected chi connectivity index (χ2v) is 5.29. The minimum absolute atomic E-state index is 0.199. The fourth-order valence-corrected chi connectivity index (χ4v) is 2.10. The summed E-state index contributed by atoms with van der Waals surface area (Å²) in [6, 6.07) is 0.226. The summed E-state index contributed by atoms with van der Waals surface area (Å²) in [5.74, 6) is 6.31. The highest BCUT2D eigenvalue weighted by molar-refractivity contribution is 5.92. The molecule has 2 heterocycles. The standard InChI is InChI=1S/C16H21N5O2/c1-4-8-23-16(22)18-7-5-6-12-9-21(11(2)3)15-13(12)14(17)19-10-20-15/h9-11H,4,7-8H2,1-3H3,(H,18,22)(H2,17,19,20). The Labute approximate surface area is 135 Å². The number of hydrogen-bond acceptors (Lipinski definition) is 5. The maximum atomic E-state index is 11.3. The predicted molar refractivity (Wildman–Crippen MR) is 88.8 cm³/mol. The van der Waals surface area contributed by atoms with Crippen LogP contribution in [0.3, 0.4) is 0 Å². The van der Waals surface area contributed by atoms with Gasteiger partial charge < -0.3 is 20.4 Å². The van der Waals surface area contributed by atoms with Gasteiger partial charge in [-0.25, -0.2) is 14.8 Å². The molecule has 7 heteroatoms. The first-order chi connectivity index (χ1) is 11.0. The van der Waals surface area contributed by atoms with E-state index in [1.54, 1.807) is 0 Å². The van der Waals surface area contributed by atoms with Crippen molar-refractivity contribution in [3.05, 3.63) is 18.1 Å². The van der Waals surface area contributed by atoms with E-state index in [-0.39, 0.29) is 12.6 Å². The van der Waals surface area contributed by atoms with E-state index in [4.69, 9.17) is 10.5 Å². The van der Waals surface area contributed by atoms with Gasteiger partial charge in [-0.15, -0.1) is 0 Å². The highest BCUT2D eigenvalue weighted by Crippen LogP contribution is 2.25. The Morgan fingerprint density at radius 1 is 1.48 bits per heavy atom. The second-order valence-electron chi connectivity index (χ2n) is 5.29. The number of anilines is 1. The van der Waals surface area contributed by atoms with Crippen molar-refractivity contribution in [2.75, 3.05) is 18.9 Å². The van der Waals surface area contributed by atoms with Gasteiger partial charge in [-0.3, -0.25) is 0 Å². The third-order valence-corrected chi connectivity index (χ3v) is 3.18. The zero-order chi connectivity index (χ0) is 16.8. The summed E-state index contributed by atoms with van der Waals surface area (Å²) in [7, 11) is 0. The summed E-state index contributed by atoms with van der Waals surface area (Å²) in [6.45, 7) is 6.64. The van der Waals surface area contributed by atoms with Crippen molar-refractivity contribution in [2.24, 2.45) is 0 Å². The zero-order valence-corrected chi connectivity index (χ0v) is 13.6. The molecule has 7 nitrogen and oxygen atoms in total. The Bertz CT molecular complexity index is 755. The van der Waals surface area contributed by atoms with E-state index in [9.17, 15) is 4.79 Å². The van der Waals surface area contributed by atoms with Crippen LogP contribution in [-0.2, 0) is 4.74 Å². The van der Waals surface area contributed by atoms with Crippen LogP contribution < -0.4 is 11.1 Å². The van der Waals surface area contributed by atoms with E-state index in [1.165, 1.54) is 6.33 Å². The largest absolute Gasteiger partial charge is 0.450 e. The quantitative estimate of drug-likeness (QED) is 0.842. The molecule has 0 aromatic carbocycles. The SMILES string of the molecule is CCCOC(=O)NCC#Cc1cn(C(C)C)c2ncnc(N)c12. The molecule has 0 bridgehead atoms. The van der Waals surface area contributed by atoms with E-state index in [2.05, 4.69) is 41.0 Å². The number of nitrogens with zero attached hydrogens (tertiary/aromatic N) is 3. The molecule has 0 aliphatic rings. The van der Waals surface area contributed by atoms with Crippen LogP contribution in [0.1, 0.15) is 38.8 Å². The average molecular weight is 315 g/mol. The molecule has 0 spiro atoms. The number of nitrogens with one attached hydrogen (secondary N) is 1. The minimum atomic E-state index is -0.464. The molecule has 0 unspecified atom stereocenters. The number of ether oxygens (including phenoxy) is 1. The molecule has 1 amide bonds. The Balaban J connectivity index is 2.18. The topological polar surface area (TPSA) is 95.1 Å². The fraction of sp³-hybridized carbons (Fsp3) is 0.438. The van der Waals surface area contributed by atoms with Crippen molar-refractivity contribution >= 4 is 22.9 Å². The van der Waals surface area contributed by atoms with Crippen molar-refractivity contribution in [2.45, 2.75) is 33.2 Å². The summed E-state index contributed by atoms with van der Waals surface area (Å²) < 4.78 is 6.91. The van der Waals surface area contributed by atoms with Gasteiger partial charge in [0.2, 0.25) is 0 Å². The predicted octanol–water partition coefficient (Wildman–Crippen LogP) is 2.08. The number of rotatable bonds is 4. The van der Waals surface area contributed by atoms with Crippen LogP contribution in [0.5, 0.6) is 0 Å². The number of nitrogens with two attached hydrogens (primary N) is 1. The first-order valence-electron chi connectivity index (χ1n) is 7.55. The van der Waals surface area contributed by atoms with E-state index in [0.717, 1.165) is 23.0 Å². The molecule has 2 rings (SSSR count). The van der Waals surface area contributed by atoms with E-state index < -0.39 is 6.09 Å². The maximum absolute atomic E-state index is 11.3. The van der Waals surface area contributed by atoms with Crippen molar-refractivity contribution < 1.29 is 9.53 Å². The van der Waals surface area contributed by atoms with Gasteiger partial charge in [-0.2, -0.15) is 0 Å². The summed E-state index contributed by atoms with van der Waals surface area (Å²) in [4.78, 5) is 19.6. The zero-order valence-electron chi connectivity index (χ0n) is 13.6. The highest BCUT2D eigenvalue weighted by Gasteiger charge is 2.13. The molecule has 0 saturated carbocycles. The molecule has 122 valence electrons. The number of carbonyl (C=O) groups is 1. The van der Waals surface area contributed by atoms with Gasteiger partial charge in [0.25, 0.3) is 0 Å². The number of alkyl carbamates (subject to hydrolysis) is 1. The first kappa shape index (κ1) is 16.6. The molecule has 2 aromatic heterocycles. The fourth-order valence-electron chi connectivity index (χ4n) is 2.10. The van der Waals surface area contributed by atoms with Gasteiger partial charge in [-0.1, -0.05) is 18.8 Å². The molecule has 0 aliphatic carbocycles. The first-order valence-corrected chi connectivity index (χ1v) is 7.55. The molecule has 3 N–H and O–H groups in total. The Morgan fingerprint density at radius 3 is 2.96 bits per heavy atom. The number of amides is 1. The van der Waals surface area contributed by atoms with Crippen LogP contribution in [0.25, 0.3) is 11.0 Å². The van der Waals surface area contributed by atoms with E-state index >= 15 is 0 Å². The Hall–Kier alpha value is -2.75. The lowest BCUT2D eigenvalue weighted by atomic mass is 10.2. The molecule has 0 aliphatic heterocycles. The lowest BCUT2D eigenvalue weighted by molar-refractivity contribution is 0.147. The third-order valence-electron chi connectivity index (χ3n) is 3.18. The van der Waals surface area contributed by atoms with Gasteiger partial charge in [0, 0.05) is 12.2 Å². The smallest absolute Gasteiger partial charge is 0.407 e. The summed E-state index contributed by atoms with van der Waals surface area (Å²) in [5, 5.41) is 3.31. The van der Waals surface area contributed by atoms with Crippen molar-refractivity contribution in [1.29, 1.82) is 0 Å². The van der Waals surface area contributed by atoms with Gasteiger partial charge in [0.05, 0.1) is 24.1 Å². The average Bonchev–Trinajstić information content (AvgIpc) is 2.90. The molecule has 2 aromatic rings. The molecule has 0 fully saturated rings. The third kappa shape index (κ3) is 3.92. The van der Waals surface area contributed by atoms with Gasteiger partial charge in [-0.05, 0) is 20.3 Å². The molecular formula is C16H21N5O2. The van der Waals surface area contributed by atoms with Crippen LogP contribution in [0.4, 0.5) is 10.6 Å². The number of hydrogen-bond donors (Lipinski definition) is 2. The summed E-state index contributed by atoms with van der Waals surface area (Å²) in [5.41, 5.74) is 7.46. The number of nitrogen functional groups attached to an aromatic ring is 1. The second kappa shape index (κ2) is 7.49. The van der Waals surface area contributed by atoms with Gasteiger partial charge >= 0.3 is 6.09 Å². The molecule has 0 saturated heterocycles. The van der Waals surface area contributed by atoms with Crippen molar-refractivity contribution in [1.82, 2.24) is 19.9 Å². The summed E-state index contributed by atoms with van der Waals surface area (Å²) in [6.07, 6.45) is 3.67. The number of aromatic nitrogens is 3. The lowest BCUT2D eigenvalue weighted by Gasteiger charge is -2.07. The number of carbonyl (C=O) groups excluding carboxylic acids is 1. The van der Waals surface area contributed by atoms with Crippen LogP contribution in [-0.4, -0.2) is 33.8 Å². The minimum Gasteiger partial charge on any atom is -0.450 e. The highest BCUT2D eigenvalue weighted by atomic mass is 16.5. The van der Waals surface area contributed by atoms with Gasteiger partial charge in [0.15, 0.2) is 0 Å². The molecule has 0 atom stereocenters. The van der Waals surface area contributed by atoms with Crippen LogP contribution in [0.2, 0.25) is 0 Å². The Morgan fingerprint density at radius 2 is 2.26 bits per heavy atom. The van der Waals surface area contributed by atoms with Crippen molar-refractivity contribution in [3.8, 4) is 11.8 Å². The van der Waals surface area contributed by atoms with Crippen LogP contribution in [0.15, 0.2) is 12.5 Å². The lowest BCUT2D eigenvalue weighted by Crippen LogP contribution is -2.24. The van der Waals surface area contributed by atoms with Crippen molar-refractivity contribution in [3.63, 3.8) is 0 Å². The normalized spacial score (nSPS) is 10.4. The van der Waals surface area contributed by atoms with Crippen LogP contribution >= 0.6 is 0 Å². The maximum Gasteiger partial charge on any atom is 0.407 e. The van der Waals surface area contributed by atoms with E-state index in [1.807, 2.05) is 17.7 Å². The van der Waals surface area contributed by atoms with Crippen LogP contribution in [0, 0.1) is 11.8 Å². The summed E-state index contributed by atoms with van der Waals surface area (Å²) >= 11 is 0. The van der Waals surface area contributed by atoms with Gasteiger partial charge in [0.1, 0.15) is 17.8 Å². The molecular weight excluding hydrogens is 294 g/mol. The monoisotopic (exact) mass is 315 g/mol. The molecule has 0 radical (unpaired) electrons. The van der Waals surface area contributed by atoms with E-state index in [0.29, 0.717) is 12.4 Å². The number of fused-ring (bicyclic) bond motifs is 1. The Kier molecular flexibility index (Phi) is 5.41.